The van der Waals surface area contributed by atoms with Crippen LogP contribution in [0.1, 0.15) is 5.56 Å². The summed E-state index contributed by atoms with van der Waals surface area (Å²) in [6, 6.07) is 7.79. The number of aryl methyl sites for hydroxylation is 1. The first-order valence-electron chi connectivity index (χ1n) is 8.28. The fourth-order valence-corrected chi connectivity index (χ4v) is 2.66. The SMILES string of the molecule is COc1ccc(-c2ncc(C)c(NCCN3CCOCC3)n2)cc1. The monoisotopic (exact) mass is 328 g/mol. The maximum absolute atomic E-state index is 5.37. The van der Waals surface area contributed by atoms with Gasteiger partial charge in [-0.15, -0.1) is 0 Å². The van der Waals surface area contributed by atoms with Gasteiger partial charge in [0.1, 0.15) is 11.6 Å². The number of nitrogens with one attached hydrogen (secondary N) is 1. The molecule has 6 heteroatoms. The molecular weight excluding hydrogens is 304 g/mol. The summed E-state index contributed by atoms with van der Waals surface area (Å²) in [6.45, 7) is 7.53. The molecule has 6 nitrogen and oxygen atoms in total. The molecule has 1 aliphatic rings. The smallest absolute Gasteiger partial charge is 0.161 e. The topological polar surface area (TPSA) is 59.5 Å². The van der Waals surface area contributed by atoms with Crippen LogP contribution in [0.5, 0.6) is 5.75 Å². The van der Waals surface area contributed by atoms with Crippen molar-refractivity contribution < 1.29 is 9.47 Å². The Morgan fingerprint density at radius 3 is 2.67 bits per heavy atom. The summed E-state index contributed by atoms with van der Waals surface area (Å²) < 4.78 is 10.6. The molecule has 0 atom stereocenters. The van der Waals surface area contributed by atoms with Crippen molar-refractivity contribution in [2.75, 3.05) is 51.8 Å². The lowest BCUT2D eigenvalue weighted by Crippen LogP contribution is -2.39. The molecule has 0 aliphatic carbocycles. The first-order valence-corrected chi connectivity index (χ1v) is 8.28. The number of morpholine rings is 1. The maximum atomic E-state index is 5.37. The van der Waals surface area contributed by atoms with Gasteiger partial charge in [-0.2, -0.15) is 0 Å². The molecule has 1 aliphatic heterocycles. The molecule has 1 aromatic carbocycles. The Labute approximate surface area is 142 Å². The summed E-state index contributed by atoms with van der Waals surface area (Å²) in [5.41, 5.74) is 2.03. The van der Waals surface area contributed by atoms with Crippen molar-refractivity contribution in [1.29, 1.82) is 0 Å². The molecule has 1 saturated heterocycles. The van der Waals surface area contributed by atoms with Gasteiger partial charge in [-0.3, -0.25) is 4.90 Å². The highest BCUT2D eigenvalue weighted by atomic mass is 16.5. The van der Waals surface area contributed by atoms with E-state index in [0.29, 0.717) is 0 Å². The summed E-state index contributed by atoms with van der Waals surface area (Å²) in [4.78, 5) is 11.5. The van der Waals surface area contributed by atoms with Gasteiger partial charge in [0.25, 0.3) is 0 Å². The van der Waals surface area contributed by atoms with Crippen LogP contribution in [0.2, 0.25) is 0 Å². The van der Waals surface area contributed by atoms with E-state index in [9.17, 15) is 0 Å². The fourth-order valence-electron chi connectivity index (χ4n) is 2.66. The third kappa shape index (κ3) is 4.21. The largest absolute Gasteiger partial charge is 0.497 e. The number of rotatable bonds is 6. The molecule has 0 radical (unpaired) electrons. The standard InChI is InChI=1S/C18H24N4O2/c1-14-13-20-18(15-3-5-16(23-2)6-4-15)21-17(14)19-7-8-22-9-11-24-12-10-22/h3-6,13H,7-12H2,1-2H3,(H,19,20,21). The van der Waals surface area contributed by atoms with Gasteiger partial charge >= 0.3 is 0 Å². The second kappa shape index (κ2) is 8.08. The van der Waals surface area contributed by atoms with E-state index in [1.165, 1.54) is 0 Å². The predicted molar refractivity (Wildman–Crippen MR) is 94.5 cm³/mol. The second-order valence-corrected chi connectivity index (χ2v) is 5.83. The van der Waals surface area contributed by atoms with Crippen LogP contribution in [0.3, 0.4) is 0 Å². The number of anilines is 1. The second-order valence-electron chi connectivity index (χ2n) is 5.83. The zero-order valence-electron chi connectivity index (χ0n) is 14.3. The van der Waals surface area contributed by atoms with E-state index in [0.717, 1.165) is 67.9 Å². The van der Waals surface area contributed by atoms with Gasteiger partial charge in [-0.05, 0) is 31.2 Å². The van der Waals surface area contributed by atoms with Gasteiger partial charge in [0.15, 0.2) is 5.82 Å². The van der Waals surface area contributed by atoms with Gasteiger partial charge in [-0.1, -0.05) is 0 Å². The van der Waals surface area contributed by atoms with Gasteiger partial charge in [0, 0.05) is 43.5 Å². The highest BCUT2D eigenvalue weighted by Crippen LogP contribution is 2.21. The van der Waals surface area contributed by atoms with E-state index in [1.807, 2.05) is 37.4 Å². The first kappa shape index (κ1) is 16.7. The lowest BCUT2D eigenvalue weighted by molar-refractivity contribution is 0.0398. The third-order valence-electron chi connectivity index (χ3n) is 4.14. The summed E-state index contributed by atoms with van der Waals surface area (Å²) in [5, 5.41) is 3.43. The zero-order chi connectivity index (χ0) is 16.8. The normalized spacial score (nSPS) is 15.2. The minimum atomic E-state index is 0.720. The average molecular weight is 328 g/mol. The summed E-state index contributed by atoms with van der Waals surface area (Å²) in [7, 11) is 1.66. The Hall–Kier alpha value is -2.18. The predicted octanol–water partition coefficient (Wildman–Crippen LogP) is 2.20. The Balaban J connectivity index is 1.64. The molecule has 1 fully saturated rings. The quantitative estimate of drug-likeness (QED) is 0.877. The summed E-state index contributed by atoms with van der Waals surface area (Å²) in [5.74, 6) is 2.44. The Morgan fingerprint density at radius 1 is 1.21 bits per heavy atom. The Kier molecular flexibility index (Phi) is 5.61. The molecule has 24 heavy (non-hydrogen) atoms. The lowest BCUT2D eigenvalue weighted by Gasteiger charge is -2.26. The molecule has 0 amide bonds. The minimum Gasteiger partial charge on any atom is -0.497 e. The first-order chi connectivity index (χ1) is 11.8. The van der Waals surface area contributed by atoms with Crippen molar-refractivity contribution in [3.8, 4) is 17.1 Å². The van der Waals surface area contributed by atoms with Crippen molar-refractivity contribution in [2.24, 2.45) is 0 Å². The molecule has 1 N–H and O–H groups in total. The fraction of sp³-hybridized carbons (Fsp3) is 0.444. The lowest BCUT2D eigenvalue weighted by atomic mass is 10.2. The van der Waals surface area contributed by atoms with Crippen molar-refractivity contribution in [3.05, 3.63) is 36.0 Å². The number of benzene rings is 1. The number of nitrogens with zero attached hydrogens (tertiary/aromatic N) is 3. The molecule has 0 spiro atoms. The van der Waals surface area contributed by atoms with Crippen molar-refractivity contribution >= 4 is 5.82 Å². The average Bonchev–Trinajstić information content (AvgIpc) is 2.64. The highest BCUT2D eigenvalue weighted by Gasteiger charge is 2.10. The summed E-state index contributed by atoms with van der Waals surface area (Å²) >= 11 is 0. The van der Waals surface area contributed by atoms with E-state index in [2.05, 4.69) is 20.2 Å². The van der Waals surface area contributed by atoms with E-state index in [1.54, 1.807) is 7.11 Å². The molecule has 3 rings (SSSR count). The van der Waals surface area contributed by atoms with Gasteiger partial charge in [0.2, 0.25) is 0 Å². The van der Waals surface area contributed by atoms with Crippen LogP contribution >= 0.6 is 0 Å². The third-order valence-corrected chi connectivity index (χ3v) is 4.14. The van der Waals surface area contributed by atoms with E-state index >= 15 is 0 Å². The molecule has 2 heterocycles. The number of hydrogen-bond acceptors (Lipinski definition) is 6. The summed E-state index contributed by atoms with van der Waals surface area (Å²) in [6.07, 6.45) is 1.86. The van der Waals surface area contributed by atoms with E-state index in [4.69, 9.17) is 9.47 Å². The Morgan fingerprint density at radius 2 is 1.96 bits per heavy atom. The molecular formula is C18H24N4O2. The van der Waals surface area contributed by atoms with Crippen molar-refractivity contribution in [2.45, 2.75) is 6.92 Å². The molecule has 1 aromatic heterocycles. The van der Waals surface area contributed by atoms with Crippen molar-refractivity contribution in [3.63, 3.8) is 0 Å². The van der Waals surface area contributed by atoms with E-state index < -0.39 is 0 Å². The van der Waals surface area contributed by atoms with Crippen LogP contribution in [0.4, 0.5) is 5.82 Å². The number of aromatic nitrogens is 2. The molecule has 0 bridgehead atoms. The van der Waals surface area contributed by atoms with Crippen LogP contribution in [-0.4, -0.2) is 61.4 Å². The van der Waals surface area contributed by atoms with Gasteiger partial charge < -0.3 is 14.8 Å². The molecule has 2 aromatic rings. The van der Waals surface area contributed by atoms with Crippen LogP contribution < -0.4 is 10.1 Å². The number of methoxy groups -OCH3 is 1. The maximum Gasteiger partial charge on any atom is 0.161 e. The molecule has 0 unspecified atom stereocenters. The highest BCUT2D eigenvalue weighted by molar-refractivity contribution is 5.59. The van der Waals surface area contributed by atoms with E-state index in [-0.39, 0.29) is 0 Å². The zero-order valence-corrected chi connectivity index (χ0v) is 14.3. The number of ether oxygens (including phenoxy) is 2. The van der Waals surface area contributed by atoms with Crippen molar-refractivity contribution in [1.82, 2.24) is 14.9 Å². The number of hydrogen-bond donors (Lipinski definition) is 1. The van der Waals surface area contributed by atoms with Crippen LogP contribution in [-0.2, 0) is 4.74 Å². The Bertz CT molecular complexity index is 655. The minimum absolute atomic E-state index is 0.720. The van der Waals surface area contributed by atoms with Gasteiger partial charge in [-0.25, -0.2) is 9.97 Å². The molecule has 128 valence electrons. The van der Waals surface area contributed by atoms with Crippen LogP contribution in [0.15, 0.2) is 30.5 Å². The van der Waals surface area contributed by atoms with Crippen LogP contribution in [0.25, 0.3) is 11.4 Å². The van der Waals surface area contributed by atoms with Crippen LogP contribution in [0, 0.1) is 6.92 Å². The molecule has 0 saturated carbocycles. The van der Waals surface area contributed by atoms with Gasteiger partial charge in [0.05, 0.1) is 20.3 Å².